The zero-order chi connectivity index (χ0) is 23.3. The number of likely N-dealkylation sites (tertiary alicyclic amines) is 1. The van der Waals surface area contributed by atoms with Crippen molar-refractivity contribution in [2.75, 3.05) is 40.0 Å². The van der Waals surface area contributed by atoms with Gasteiger partial charge >= 0.3 is 0 Å². The van der Waals surface area contributed by atoms with Crippen LogP contribution in [0.2, 0.25) is 0 Å². The van der Waals surface area contributed by atoms with E-state index >= 15 is 0 Å². The van der Waals surface area contributed by atoms with Gasteiger partial charge in [-0.2, -0.15) is 0 Å². The Hall–Kier alpha value is -1.73. The van der Waals surface area contributed by atoms with E-state index in [0.717, 1.165) is 29.9 Å². The zero-order valence-corrected chi connectivity index (χ0v) is 21.0. The van der Waals surface area contributed by atoms with Crippen LogP contribution in [-0.2, 0) is 4.74 Å². The Morgan fingerprint density at radius 1 is 1.23 bits per heavy atom. The fraction of sp³-hybridized carbons (Fsp3) is 0.560. The molecule has 31 heavy (non-hydrogen) atoms. The minimum Gasteiger partial charge on any atom is -0.439 e. The number of ether oxygens (including phenoxy) is 2. The van der Waals surface area contributed by atoms with E-state index < -0.39 is 0 Å². The van der Waals surface area contributed by atoms with Gasteiger partial charge in [0.05, 0.1) is 23.1 Å². The van der Waals surface area contributed by atoms with E-state index in [-0.39, 0.29) is 0 Å². The molecule has 2 heterocycles. The average molecular weight is 451 g/mol. The van der Waals surface area contributed by atoms with Gasteiger partial charge in [0.2, 0.25) is 0 Å². The van der Waals surface area contributed by atoms with Crippen molar-refractivity contribution in [1.82, 2.24) is 9.88 Å². The molecule has 0 aliphatic carbocycles. The highest BCUT2D eigenvalue weighted by atomic mass is 32.1. The van der Waals surface area contributed by atoms with Crippen molar-refractivity contribution in [2.24, 2.45) is 5.92 Å². The van der Waals surface area contributed by atoms with Crippen LogP contribution >= 0.6 is 11.3 Å². The molecule has 3 rings (SSSR count). The topological polar surface area (TPSA) is 54.8 Å². The minimum absolute atomic E-state index is 0.372. The first kappa shape index (κ1) is 29.3. The van der Waals surface area contributed by atoms with Crippen molar-refractivity contribution in [1.29, 1.82) is 0 Å². The molecule has 1 saturated heterocycles. The highest BCUT2D eigenvalue weighted by Gasteiger charge is 2.16. The smallest absolute Gasteiger partial charge is 0.279 e. The SMILES string of the molecule is C/C=C/Oc1nc2ccccc2s1.C/C=C\COC.CC.CCN1CCCC(CO)C1. The normalized spacial score (nSPS) is 16.2. The molecule has 1 N–H and O–H groups in total. The number of nitrogens with zero attached hydrogens (tertiary/aromatic N) is 2. The van der Waals surface area contributed by atoms with Crippen molar-refractivity contribution >= 4 is 21.6 Å². The van der Waals surface area contributed by atoms with Gasteiger partial charge in [-0.3, -0.25) is 0 Å². The minimum atomic E-state index is 0.372. The number of aliphatic hydroxyl groups excluding tert-OH is 1. The highest BCUT2D eigenvalue weighted by molar-refractivity contribution is 7.20. The largest absolute Gasteiger partial charge is 0.439 e. The molecular weight excluding hydrogens is 408 g/mol. The molecular formula is C25H42N2O3S. The van der Waals surface area contributed by atoms with Gasteiger partial charge in [0.15, 0.2) is 0 Å². The number of methoxy groups -OCH3 is 1. The van der Waals surface area contributed by atoms with Crippen LogP contribution in [0, 0.1) is 5.92 Å². The Labute approximate surface area is 193 Å². The van der Waals surface area contributed by atoms with Gasteiger partial charge in [0.1, 0.15) is 0 Å². The van der Waals surface area contributed by atoms with Gasteiger partial charge in [-0.25, -0.2) is 4.98 Å². The van der Waals surface area contributed by atoms with Crippen LogP contribution < -0.4 is 4.74 Å². The lowest BCUT2D eigenvalue weighted by Crippen LogP contribution is -2.36. The first-order valence-electron chi connectivity index (χ1n) is 11.2. The third kappa shape index (κ3) is 13.3. The summed E-state index contributed by atoms with van der Waals surface area (Å²) in [5.74, 6) is 0.550. The molecule has 5 nitrogen and oxygen atoms in total. The van der Waals surface area contributed by atoms with Gasteiger partial charge in [0, 0.05) is 20.3 Å². The first-order chi connectivity index (χ1) is 15.2. The molecule has 0 bridgehead atoms. The molecule has 1 aliphatic heterocycles. The molecule has 1 unspecified atom stereocenters. The molecule has 0 radical (unpaired) electrons. The van der Waals surface area contributed by atoms with Crippen molar-refractivity contribution in [3.8, 4) is 5.19 Å². The number of para-hydroxylation sites is 1. The Morgan fingerprint density at radius 2 is 1.97 bits per heavy atom. The number of hydrogen-bond donors (Lipinski definition) is 1. The maximum atomic E-state index is 8.88. The number of piperidine rings is 1. The van der Waals surface area contributed by atoms with Crippen LogP contribution in [0.3, 0.4) is 0 Å². The molecule has 0 amide bonds. The van der Waals surface area contributed by atoms with Crippen LogP contribution in [0.15, 0.2) is 48.8 Å². The number of fused-ring (bicyclic) bond motifs is 1. The number of rotatable bonds is 6. The number of hydrogen-bond acceptors (Lipinski definition) is 6. The second kappa shape index (κ2) is 20.2. The van der Waals surface area contributed by atoms with Crippen LogP contribution in [0.25, 0.3) is 10.2 Å². The van der Waals surface area contributed by atoms with Crippen molar-refractivity contribution in [3.05, 3.63) is 48.8 Å². The van der Waals surface area contributed by atoms with Gasteiger partial charge in [-0.1, -0.05) is 62.5 Å². The number of thiazole rings is 1. The van der Waals surface area contributed by atoms with E-state index in [1.807, 2.05) is 70.2 Å². The molecule has 0 saturated carbocycles. The Morgan fingerprint density at radius 3 is 2.52 bits per heavy atom. The molecule has 6 heteroatoms. The Bertz CT molecular complexity index is 673. The number of aromatic nitrogens is 1. The fourth-order valence-electron chi connectivity index (χ4n) is 2.81. The summed E-state index contributed by atoms with van der Waals surface area (Å²) < 4.78 is 11.1. The molecule has 1 aliphatic rings. The Kier molecular flexibility index (Phi) is 19.1. The second-order valence-electron chi connectivity index (χ2n) is 6.64. The number of benzene rings is 1. The maximum Gasteiger partial charge on any atom is 0.279 e. The van der Waals surface area contributed by atoms with E-state index in [2.05, 4.69) is 16.8 Å². The van der Waals surface area contributed by atoms with Crippen LogP contribution in [0.5, 0.6) is 5.19 Å². The quantitative estimate of drug-likeness (QED) is 0.422. The predicted octanol–water partition coefficient (Wildman–Crippen LogP) is 6.15. The summed E-state index contributed by atoms with van der Waals surface area (Å²) in [7, 11) is 1.68. The summed E-state index contributed by atoms with van der Waals surface area (Å²) in [4.78, 5) is 6.70. The van der Waals surface area contributed by atoms with Gasteiger partial charge in [-0.15, -0.1) is 0 Å². The molecule has 1 aromatic carbocycles. The van der Waals surface area contributed by atoms with E-state index in [1.54, 1.807) is 24.7 Å². The zero-order valence-electron chi connectivity index (χ0n) is 20.2. The summed E-state index contributed by atoms with van der Waals surface area (Å²) in [5, 5.41) is 9.57. The fourth-order valence-corrected chi connectivity index (χ4v) is 3.61. The van der Waals surface area contributed by atoms with Crippen LogP contribution in [0.1, 0.15) is 47.5 Å². The molecule has 1 aromatic heterocycles. The molecule has 1 atom stereocenters. The monoisotopic (exact) mass is 450 g/mol. The summed E-state index contributed by atoms with van der Waals surface area (Å²) >= 11 is 1.55. The van der Waals surface area contributed by atoms with E-state index in [0.29, 0.717) is 17.7 Å². The van der Waals surface area contributed by atoms with E-state index in [4.69, 9.17) is 14.6 Å². The Balaban J connectivity index is 0.000000447. The van der Waals surface area contributed by atoms with Crippen molar-refractivity contribution in [3.63, 3.8) is 0 Å². The third-order valence-corrected chi connectivity index (χ3v) is 5.31. The van der Waals surface area contributed by atoms with Crippen LogP contribution in [0.4, 0.5) is 0 Å². The maximum absolute atomic E-state index is 8.88. The second-order valence-corrected chi connectivity index (χ2v) is 7.64. The van der Waals surface area contributed by atoms with Gasteiger partial charge in [-0.05, 0) is 57.8 Å². The lowest BCUT2D eigenvalue weighted by molar-refractivity contribution is 0.125. The van der Waals surface area contributed by atoms with Crippen molar-refractivity contribution < 1.29 is 14.6 Å². The predicted molar refractivity (Wildman–Crippen MR) is 135 cm³/mol. The van der Waals surface area contributed by atoms with Crippen LogP contribution in [-0.4, -0.2) is 54.9 Å². The average Bonchev–Trinajstić information content (AvgIpc) is 3.26. The summed E-state index contributed by atoms with van der Waals surface area (Å²) in [6.45, 7) is 14.6. The molecule has 176 valence electrons. The summed E-state index contributed by atoms with van der Waals surface area (Å²) in [6, 6.07) is 7.99. The molecule has 0 spiro atoms. The first-order valence-corrected chi connectivity index (χ1v) is 12.1. The van der Waals surface area contributed by atoms with E-state index in [1.165, 1.54) is 19.4 Å². The van der Waals surface area contributed by atoms with Gasteiger partial charge < -0.3 is 19.5 Å². The lowest BCUT2D eigenvalue weighted by atomic mass is 9.99. The van der Waals surface area contributed by atoms with Gasteiger partial charge in [0.25, 0.3) is 5.19 Å². The molecule has 2 aromatic rings. The van der Waals surface area contributed by atoms with E-state index in [9.17, 15) is 0 Å². The number of allylic oxidation sites excluding steroid dienone is 2. The summed E-state index contributed by atoms with van der Waals surface area (Å²) in [5.41, 5.74) is 0.993. The third-order valence-electron chi connectivity index (χ3n) is 4.39. The standard InChI is InChI=1S/C10H9NOS.C8H17NO.C5H10O.C2H6/c1-2-7-12-10-11-8-5-3-4-6-9(8)13-10;1-2-9-5-3-4-8(6-9)7-10;1-3-4-5-6-2;1-2/h2-7H,1H3;8,10H,2-7H2,1H3;3-4H,5H2,1-2H3;1-2H3/b7-2+;;4-3-;. The van der Waals surface area contributed by atoms with Crippen molar-refractivity contribution in [2.45, 2.75) is 47.5 Å². The highest BCUT2D eigenvalue weighted by Crippen LogP contribution is 2.27. The summed E-state index contributed by atoms with van der Waals surface area (Å²) in [6.07, 6.45) is 9.87. The molecule has 1 fully saturated rings. The number of aliphatic hydroxyl groups is 1. The lowest BCUT2D eigenvalue weighted by Gasteiger charge is -2.30.